The fourth-order valence-corrected chi connectivity index (χ4v) is 4.48. The summed E-state index contributed by atoms with van der Waals surface area (Å²) in [5.41, 5.74) is 4.87. The van der Waals surface area contributed by atoms with Crippen LogP contribution in [-0.4, -0.2) is 15.8 Å². The van der Waals surface area contributed by atoms with Crippen molar-refractivity contribution in [2.75, 3.05) is 0 Å². The van der Waals surface area contributed by atoms with E-state index in [-0.39, 0.29) is 0 Å². The van der Waals surface area contributed by atoms with Gasteiger partial charge in [-0.3, -0.25) is 0 Å². The molecule has 32 heavy (non-hydrogen) atoms. The molecular weight excluding hydrogens is 457 g/mol. The molecule has 0 spiro atoms. The van der Waals surface area contributed by atoms with E-state index in [1.165, 1.54) is 22.3 Å². The van der Waals surface area contributed by atoms with E-state index in [1.807, 2.05) is 12.1 Å². The van der Waals surface area contributed by atoms with Gasteiger partial charge < -0.3 is 0 Å². The van der Waals surface area contributed by atoms with Gasteiger partial charge in [0.2, 0.25) is 0 Å². The van der Waals surface area contributed by atoms with Crippen molar-refractivity contribution in [3.63, 3.8) is 0 Å². The van der Waals surface area contributed by atoms with Crippen LogP contribution in [0.3, 0.4) is 0 Å². The summed E-state index contributed by atoms with van der Waals surface area (Å²) >= 11 is -0.469. The van der Waals surface area contributed by atoms with Crippen LogP contribution in [0.2, 0.25) is 4.75 Å². The van der Waals surface area contributed by atoms with Gasteiger partial charge in [0.15, 0.2) is 0 Å². The second-order valence-electron chi connectivity index (χ2n) is 8.42. The number of hydrogen-bond donors (Lipinski definition) is 0. The molecule has 3 nitrogen and oxygen atoms in total. The van der Waals surface area contributed by atoms with Crippen LogP contribution < -0.4 is 13.2 Å². The van der Waals surface area contributed by atoms with E-state index < -0.39 is 15.8 Å². The average molecular weight is 491 g/mol. The predicted molar refractivity (Wildman–Crippen MR) is 134 cm³/mol. The number of hydrogen-bond acceptors (Lipinski definition) is 3. The van der Waals surface area contributed by atoms with Crippen LogP contribution in [0.4, 0.5) is 0 Å². The van der Waals surface area contributed by atoms with Crippen molar-refractivity contribution in [2.45, 2.75) is 65.6 Å². The number of benzene rings is 3. The summed E-state index contributed by atoms with van der Waals surface area (Å²) in [5.74, 6) is 4.15. The first kappa shape index (κ1) is 24.2. The van der Waals surface area contributed by atoms with Crippen molar-refractivity contribution in [3.8, 4) is 28.7 Å². The zero-order valence-electron chi connectivity index (χ0n) is 20.1. The summed E-state index contributed by atoms with van der Waals surface area (Å²) in [7, 11) is 0. The molecule has 3 rings (SSSR count). The van der Waals surface area contributed by atoms with E-state index in [0.717, 1.165) is 48.0 Å². The summed E-state index contributed by atoms with van der Waals surface area (Å²) in [6, 6.07) is 18.7. The monoisotopic (exact) mass is 492 g/mol. The van der Waals surface area contributed by atoms with Crippen molar-refractivity contribution < 1.29 is 13.2 Å². The predicted octanol–water partition coefficient (Wildman–Crippen LogP) is 8.09. The SMILES string of the molecule is CCc1cc(C)cc(Oc2cc(CC)cc(Oc3cc(CC)cc([O][Ge][CH](C)C)c3)c2)c1. The number of aryl methyl sites for hydroxylation is 4. The topological polar surface area (TPSA) is 27.7 Å². The van der Waals surface area contributed by atoms with E-state index in [1.54, 1.807) is 0 Å². The fourth-order valence-electron chi connectivity index (χ4n) is 3.45. The molecule has 0 amide bonds. The van der Waals surface area contributed by atoms with Crippen LogP contribution in [0, 0.1) is 6.92 Å². The number of rotatable bonds is 10. The Morgan fingerprint density at radius 1 is 0.594 bits per heavy atom. The third kappa shape index (κ3) is 7.06. The molecule has 0 aliphatic carbocycles. The quantitative estimate of drug-likeness (QED) is 0.269. The summed E-state index contributed by atoms with van der Waals surface area (Å²) in [6.45, 7) is 13.0. The Hall–Kier alpha value is -2.40. The van der Waals surface area contributed by atoms with Gasteiger partial charge in [0.1, 0.15) is 0 Å². The molecule has 0 unspecified atom stereocenters. The summed E-state index contributed by atoms with van der Waals surface area (Å²) in [5, 5.41) is 0. The summed E-state index contributed by atoms with van der Waals surface area (Å²) < 4.78 is 19.3. The molecule has 168 valence electrons. The van der Waals surface area contributed by atoms with Crippen LogP contribution in [0.15, 0.2) is 54.6 Å². The van der Waals surface area contributed by atoms with Crippen molar-refractivity contribution in [3.05, 3.63) is 76.9 Å². The Kier molecular flexibility index (Phi) is 8.69. The van der Waals surface area contributed by atoms with Gasteiger partial charge in [-0.2, -0.15) is 0 Å². The third-order valence-electron chi connectivity index (χ3n) is 5.10. The minimum absolute atomic E-state index is 0.469. The first-order valence-electron chi connectivity index (χ1n) is 11.5. The van der Waals surface area contributed by atoms with Crippen LogP contribution >= 0.6 is 0 Å². The minimum atomic E-state index is -0.469. The van der Waals surface area contributed by atoms with Gasteiger partial charge in [-0.25, -0.2) is 0 Å². The van der Waals surface area contributed by atoms with Crippen molar-refractivity contribution in [1.29, 1.82) is 0 Å². The molecule has 3 aromatic carbocycles. The van der Waals surface area contributed by atoms with Crippen molar-refractivity contribution >= 4 is 15.8 Å². The Bertz CT molecular complexity index is 1040. The molecule has 0 atom stereocenters. The molecule has 0 aromatic heterocycles. The van der Waals surface area contributed by atoms with Gasteiger partial charge in [-0.15, -0.1) is 0 Å². The first-order chi connectivity index (χ1) is 15.4. The van der Waals surface area contributed by atoms with Gasteiger partial charge in [0, 0.05) is 0 Å². The van der Waals surface area contributed by atoms with Gasteiger partial charge >= 0.3 is 174 Å². The molecule has 4 heteroatoms. The zero-order chi connectivity index (χ0) is 23.1. The molecular formula is C28H34GeO3. The molecule has 0 fully saturated rings. The van der Waals surface area contributed by atoms with E-state index in [4.69, 9.17) is 13.2 Å². The maximum absolute atomic E-state index is 6.31. The van der Waals surface area contributed by atoms with Crippen LogP contribution in [0.25, 0.3) is 0 Å². The van der Waals surface area contributed by atoms with E-state index in [9.17, 15) is 0 Å². The normalized spacial score (nSPS) is 11.0. The van der Waals surface area contributed by atoms with Gasteiger partial charge in [-0.1, -0.05) is 13.0 Å². The van der Waals surface area contributed by atoms with Crippen LogP contribution in [0.5, 0.6) is 28.7 Å². The first-order valence-corrected chi connectivity index (χ1v) is 13.6. The van der Waals surface area contributed by atoms with Gasteiger partial charge in [0.05, 0.1) is 0 Å². The molecule has 0 saturated heterocycles. The molecule has 0 N–H and O–H groups in total. The Morgan fingerprint density at radius 3 is 1.47 bits per heavy atom. The second-order valence-corrected chi connectivity index (χ2v) is 11.8. The Labute approximate surface area is 199 Å². The Balaban J connectivity index is 1.87. The van der Waals surface area contributed by atoms with Crippen molar-refractivity contribution in [2.24, 2.45) is 0 Å². The molecule has 0 saturated carbocycles. The maximum atomic E-state index is 6.31. The summed E-state index contributed by atoms with van der Waals surface area (Å²) in [4.78, 5) is 0. The van der Waals surface area contributed by atoms with Crippen LogP contribution in [0.1, 0.15) is 56.9 Å². The Morgan fingerprint density at radius 2 is 1.00 bits per heavy atom. The zero-order valence-corrected chi connectivity index (χ0v) is 22.2. The molecule has 0 aliphatic heterocycles. The number of ether oxygens (including phenoxy) is 2. The molecule has 3 aromatic rings. The van der Waals surface area contributed by atoms with Gasteiger partial charge in [-0.05, 0) is 13.3 Å². The van der Waals surface area contributed by atoms with E-state index in [0.29, 0.717) is 4.75 Å². The van der Waals surface area contributed by atoms with Gasteiger partial charge in [0.25, 0.3) is 0 Å². The molecule has 0 aliphatic rings. The molecule has 0 bridgehead atoms. The molecule has 2 radical (unpaired) electrons. The van der Waals surface area contributed by atoms with Crippen LogP contribution in [-0.2, 0) is 19.3 Å². The summed E-state index contributed by atoms with van der Waals surface area (Å²) in [6.07, 6.45) is 2.83. The third-order valence-corrected chi connectivity index (χ3v) is 6.83. The average Bonchev–Trinajstić information content (AvgIpc) is 2.76. The van der Waals surface area contributed by atoms with E-state index >= 15 is 0 Å². The van der Waals surface area contributed by atoms with Crippen molar-refractivity contribution in [1.82, 2.24) is 0 Å². The second kappa shape index (κ2) is 11.5. The fraction of sp³-hybridized carbons (Fsp3) is 0.357. The molecule has 0 heterocycles. The van der Waals surface area contributed by atoms with E-state index in [2.05, 4.69) is 84.0 Å². The standard InChI is InChI=1S/C28H34GeO3/c1-7-21-10-20(6)11-24(12-21)30-25-13-22(8-2)14-26(17-25)31-27-15-23(9-3)16-28(18-27)32-29-19(4)5/h10-19H,7-9H2,1-6H3.